The summed E-state index contributed by atoms with van der Waals surface area (Å²) in [6.45, 7) is 11.9. The van der Waals surface area contributed by atoms with Gasteiger partial charge in [0.2, 0.25) is 5.91 Å². The number of rotatable bonds is 6. The van der Waals surface area contributed by atoms with Crippen molar-refractivity contribution in [2.75, 3.05) is 39.4 Å². The van der Waals surface area contributed by atoms with Gasteiger partial charge in [-0.1, -0.05) is 27.2 Å². The normalized spacial score (nSPS) is 29.9. The van der Waals surface area contributed by atoms with Crippen LogP contribution >= 0.6 is 0 Å². The number of ether oxygens (including phenoxy) is 1. The highest BCUT2D eigenvalue weighted by Gasteiger charge is 2.39. The summed E-state index contributed by atoms with van der Waals surface area (Å²) in [6, 6.07) is 0.00893. The maximum atomic E-state index is 12.6. The van der Waals surface area contributed by atoms with Crippen molar-refractivity contribution in [1.29, 1.82) is 0 Å². The smallest absolute Gasteiger partial charge is 0.241 e. The van der Waals surface area contributed by atoms with Gasteiger partial charge in [0, 0.05) is 26.2 Å². The lowest BCUT2D eigenvalue weighted by atomic mass is 9.99. The Bertz CT molecular complexity index is 318. The van der Waals surface area contributed by atoms with Gasteiger partial charge in [-0.15, -0.1) is 0 Å². The monoisotopic (exact) mass is 283 g/mol. The molecule has 116 valence electrons. The van der Waals surface area contributed by atoms with Crippen LogP contribution in [0.1, 0.15) is 33.6 Å². The van der Waals surface area contributed by atoms with E-state index < -0.39 is 0 Å². The fourth-order valence-electron chi connectivity index (χ4n) is 3.02. The third-order valence-electron chi connectivity index (χ3n) is 4.66. The molecule has 1 N–H and O–H groups in total. The predicted octanol–water partition coefficient (Wildman–Crippen LogP) is 0.901. The molecule has 0 aromatic carbocycles. The highest BCUT2D eigenvalue weighted by Crippen LogP contribution is 2.20. The lowest BCUT2D eigenvalue weighted by Crippen LogP contribution is -2.45. The van der Waals surface area contributed by atoms with Gasteiger partial charge in [0.25, 0.3) is 0 Å². The minimum absolute atomic E-state index is 0.00893. The topological polar surface area (TPSA) is 44.8 Å². The Kier molecular flexibility index (Phi) is 5.81. The Labute approximate surface area is 122 Å². The second-order valence-corrected chi connectivity index (χ2v) is 5.94. The minimum Gasteiger partial charge on any atom is -0.379 e. The van der Waals surface area contributed by atoms with Gasteiger partial charge in [0.15, 0.2) is 0 Å². The third-order valence-corrected chi connectivity index (χ3v) is 4.66. The molecule has 0 aromatic heterocycles. The van der Waals surface area contributed by atoms with Crippen molar-refractivity contribution in [3.8, 4) is 0 Å². The molecule has 0 saturated carbocycles. The van der Waals surface area contributed by atoms with Gasteiger partial charge in [0.1, 0.15) is 0 Å². The average Bonchev–Trinajstić information content (AvgIpc) is 2.81. The molecule has 2 heterocycles. The van der Waals surface area contributed by atoms with E-state index in [0.717, 1.165) is 52.2 Å². The Morgan fingerprint density at radius 2 is 2.00 bits per heavy atom. The molecule has 0 aromatic rings. The molecule has 20 heavy (non-hydrogen) atoms. The summed E-state index contributed by atoms with van der Waals surface area (Å²) < 4.78 is 5.36. The summed E-state index contributed by atoms with van der Waals surface area (Å²) in [6.07, 6.45) is 2.22. The van der Waals surface area contributed by atoms with Crippen LogP contribution in [-0.4, -0.2) is 67.3 Å². The Hall–Kier alpha value is -0.650. The standard InChI is InChI=1S/C15H29N3O2/c1-4-12(3)14-15(19)18(13(5-2)16-14)7-6-17-8-10-20-11-9-17/h12-14,16H,4-11H2,1-3H3. The first kappa shape index (κ1) is 15.7. The van der Waals surface area contributed by atoms with Crippen molar-refractivity contribution in [2.24, 2.45) is 5.92 Å². The molecule has 0 radical (unpaired) electrons. The molecule has 5 heteroatoms. The van der Waals surface area contributed by atoms with E-state index in [4.69, 9.17) is 4.74 Å². The van der Waals surface area contributed by atoms with Crippen molar-refractivity contribution in [3.05, 3.63) is 0 Å². The first-order chi connectivity index (χ1) is 9.67. The number of hydrogen-bond donors (Lipinski definition) is 1. The van der Waals surface area contributed by atoms with Gasteiger partial charge in [0.05, 0.1) is 25.4 Å². The van der Waals surface area contributed by atoms with E-state index >= 15 is 0 Å². The first-order valence-corrected chi connectivity index (χ1v) is 8.04. The number of amides is 1. The molecular weight excluding hydrogens is 254 g/mol. The summed E-state index contributed by atoms with van der Waals surface area (Å²) in [7, 11) is 0. The zero-order chi connectivity index (χ0) is 14.5. The van der Waals surface area contributed by atoms with Gasteiger partial charge < -0.3 is 9.64 Å². The van der Waals surface area contributed by atoms with E-state index in [0.29, 0.717) is 11.8 Å². The molecule has 0 aliphatic carbocycles. The van der Waals surface area contributed by atoms with Gasteiger partial charge >= 0.3 is 0 Å². The Balaban J connectivity index is 1.89. The number of morpholine rings is 1. The Morgan fingerprint density at radius 1 is 1.30 bits per heavy atom. The van der Waals surface area contributed by atoms with Gasteiger partial charge in [-0.25, -0.2) is 0 Å². The summed E-state index contributed by atoms with van der Waals surface area (Å²) in [5.41, 5.74) is 0. The van der Waals surface area contributed by atoms with Crippen LogP contribution in [0.4, 0.5) is 0 Å². The summed E-state index contributed by atoms with van der Waals surface area (Å²) in [5.74, 6) is 0.699. The lowest BCUT2D eigenvalue weighted by Gasteiger charge is -2.30. The minimum atomic E-state index is 0.00893. The number of carbonyl (C=O) groups is 1. The highest BCUT2D eigenvalue weighted by molar-refractivity contribution is 5.84. The Morgan fingerprint density at radius 3 is 2.60 bits per heavy atom. The summed E-state index contributed by atoms with van der Waals surface area (Å²) in [5, 5.41) is 3.51. The van der Waals surface area contributed by atoms with Crippen molar-refractivity contribution in [3.63, 3.8) is 0 Å². The van der Waals surface area contributed by atoms with E-state index in [1.807, 2.05) is 4.90 Å². The van der Waals surface area contributed by atoms with Crippen LogP contribution in [0.5, 0.6) is 0 Å². The van der Waals surface area contributed by atoms with Gasteiger partial charge in [-0.2, -0.15) is 0 Å². The van der Waals surface area contributed by atoms with E-state index in [1.165, 1.54) is 0 Å². The molecule has 1 amide bonds. The van der Waals surface area contributed by atoms with E-state index in [-0.39, 0.29) is 12.2 Å². The predicted molar refractivity (Wildman–Crippen MR) is 79.4 cm³/mol. The van der Waals surface area contributed by atoms with Gasteiger partial charge in [-0.3, -0.25) is 15.0 Å². The molecule has 2 aliphatic heterocycles. The molecule has 3 atom stereocenters. The van der Waals surface area contributed by atoms with E-state index in [1.54, 1.807) is 0 Å². The van der Waals surface area contributed by atoms with Crippen LogP contribution in [0.25, 0.3) is 0 Å². The quantitative estimate of drug-likeness (QED) is 0.787. The van der Waals surface area contributed by atoms with Crippen molar-refractivity contribution in [1.82, 2.24) is 15.1 Å². The fraction of sp³-hybridized carbons (Fsp3) is 0.933. The largest absolute Gasteiger partial charge is 0.379 e. The first-order valence-electron chi connectivity index (χ1n) is 8.04. The molecule has 0 spiro atoms. The van der Waals surface area contributed by atoms with Crippen molar-refractivity contribution >= 4 is 5.91 Å². The third kappa shape index (κ3) is 3.51. The summed E-state index contributed by atoms with van der Waals surface area (Å²) in [4.78, 5) is 17.0. The number of hydrogen-bond acceptors (Lipinski definition) is 4. The lowest BCUT2D eigenvalue weighted by molar-refractivity contribution is -0.131. The molecule has 2 aliphatic rings. The zero-order valence-electron chi connectivity index (χ0n) is 13.1. The van der Waals surface area contributed by atoms with Crippen LogP contribution in [0.15, 0.2) is 0 Å². The van der Waals surface area contributed by atoms with Crippen molar-refractivity contribution < 1.29 is 9.53 Å². The zero-order valence-corrected chi connectivity index (χ0v) is 13.1. The number of carbonyl (C=O) groups excluding carboxylic acids is 1. The average molecular weight is 283 g/mol. The molecule has 5 nitrogen and oxygen atoms in total. The molecular formula is C15H29N3O2. The molecule has 2 fully saturated rings. The molecule has 2 rings (SSSR count). The second kappa shape index (κ2) is 7.38. The van der Waals surface area contributed by atoms with Crippen LogP contribution in [0.2, 0.25) is 0 Å². The van der Waals surface area contributed by atoms with Crippen LogP contribution in [0, 0.1) is 5.92 Å². The molecule has 3 unspecified atom stereocenters. The highest BCUT2D eigenvalue weighted by atomic mass is 16.5. The maximum absolute atomic E-state index is 12.6. The number of nitrogens with one attached hydrogen (secondary N) is 1. The van der Waals surface area contributed by atoms with E-state index in [2.05, 4.69) is 31.0 Å². The van der Waals surface area contributed by atoms with E-state index in [9.17, 15) is 4.79 Å². The maximum Gasteiger partial charge on any atom is 0.241 e. The second-order valence-electron chi connectivity index (χ2n) is 5.94. The summed E-state index contributed by atoms with van der Waals surface area (Å²) >= 11 is 0. The van der Waals surface area contributed by atoms with Crippen LogP contribution < -0.4 is 5.32 Å². The van der Waals surface area contributed by atoms with Crippen LogP contribution in [0.3, 0.4) is 0 Å². The fourth-order valence-corrected chi connectivity index (χ4v) is 3.02. The van der Waals surface area contributed by atoms with Gasteiger partial charge in [-0.05, 0) is 12.3 Å². The number of nitrogens with zero attached hydrogens (tertiary/aromatic N) is 2. The van der Waals surface area contributed by atoms with Crippen LogP contribution in [-0.2, 0) is 9.53 Å². The molecule has 0 bridgehead atoms. The van der Waals surface area contributed by atoms with Crippen molar-refractivity contribution in [2.45, 2.75) is 45.8 Å². The SMILES string of the molecule is CCC(C)C1NC(CC)N(CCN2CCOCC2)C1=O. The molecule has 2 saturated heterocycles.